The van der Waals surface area contributed by atoms with E-state index >= 15 is 0 Å². The predicted molar refractivity (Wildman–Crippen MR) is 64.1 cm³/mol. The molecule has 14 heavy (non-hydrogen) atoms. The first-order chi connectivity index (χ1) is 6.65. The van der Waals surface area contributed by atoms with Gasteiger partial charge in [-0.3, -0.25) is 0 Å². The minimum absolute atomic E-state index is 0.250. The molecule has 1 unspecified atom stereocenters. The number of hydrogen-bond donors (Lipinski definition) is 2. The molecule has 4 heteroatoms. The average molecular weight is 279 g/mol. The van der Waals surface area contributed by atoms with Gasteiger partial charge in [0.2, 0.25) is 0 Å². The fourth-order valence-electron chi connectivity index (χ4n) is 1.08. The molecule has 2 N–H and O–H groups in total. The Hall–Kier alpha value is -0.250. The first-order valence-corrected chi connectivity index (χ1v) is 5.71. The molecule has 0 radical (unpaired) electrons. The fraction of sp³-hybridized carbons (Fsp3) is 0.400. The minimum atomic E-state index is -0.505. The van der Waals surface area contributed by atoms with E-state index < -0.39 is 6.10 Å². The van der Waals surface area contributed by atoms with Crippen molar-refractivity contribution in [1.29, 1.82) is 0 Å². The van der Waals surface area contributed by atoms with E-state index in [1.165, 1.54) is 0 Å². The standard InChI is InChI=1S/C10H13BrClNO/c1-7-9(11)3-2-4-10(7)13-6-8(14)5-12/h2-4,8,13-14H,5-6H2,1H3. The molecular weight excluding hydrogens is 265 g/mol. The summed E-state index contributed by atoms with van der Waals surface area (Å²) in [5.41, 5.74) is 2.15. The molecule has 0 aromatic heterocycles. The Kier molecular flexibility index (Phi) is 4.72. The van der Waals surface area contributed by atoms with Gasteiger partial charge in [0.1, 0.15) is 0 Å². The van der Waals surface area contributed by atoms with Gasteiger partial charge in [-0.15, -0.1) is 11.6 Å². The average Bonchev–Trinajstić information content (AvgIpc) is 2.20. The lowest BCUT2D eigenvalue weighted by Gasteiger charge is -2.12. The molecule has 0 saturated carbocycles. The van der Waals surface area contributed by atoms with Gasteiger partial charge in [-0.2, -0.15) is 0 Å². The van der Waals surface area contributed by atoms with E-state index in [1.54, 1.807) is 0 Å². The summed E-state index contributed by atoms with van der Waals surface area (Å²) < 4.78 is 1.06. The topological polar surface area (TPSA) is 32.3 Å². The number of alkyl halides is 1. The van der Waals surface area contributed by atoms with E-state index in [-0.39, 0.29) is 5.88 Å². The van der Waals surface area contributed by atoms with Gasteiger partial charge in [0.05, 0.1) is 12.0 Å². The van der Waals surface area contributed by atoms with E-state index in [0.717, 1.165) is 15.7 Å². The molecular formula is C10H13BrClNO. The summed E-state index contributed by atoms with van der Waals surface area (Å²) in [6.45, 7) is 2.49. The zero-order valence-corrected chi connectivity index (χ0v) is 10.3. The maximum absolute atomic E-state index is 9.27. The highest BCUT2D eigenvalue weighted by atomic mass is 79.9. The Labute approximate surface area is 97.4 Å². The van der Waals surface area contributed by atoms with Crippen molar-refractivity contribution < 1.29 is 5.11 Å². The Bertz CT molecular complexity index is 306. The van der Waals surface area contributed by atoms with Crippen molar-refractivity contribution in [3.8, 4) is 0 Å². The smallest absolute Gasteiger partial charge is 0.0847 e. The summed E-state index contributed by atoms with van der Waals surface area (Å²) in [4.78, 5) is 0. The summed E-state index contributed by atoms with van der Waals surface area (Å²) in [6.07, 6.45) is -0.505. The summed E-state index contributed by atoms with van der Waals surface area (Å²) in [6, 6.07) is 5.91. The van der Waals surface area contributed by atoms with Crippen LogP contribution in [0.5, 0.6) is 0 Å². The number of rotatable bonds is 4. The van der Waals surface area contributed by atoms with E-state index in [0.29, 0.717) is 6.54 Å². The van der Waals surface area contributed by atoms with E-state index in [4.69, 9.17) is 11.6 Å². The predicted octanol–water partition coefficient (Wildman–Crippen LogP) is 2.77. The van der Waals surface area contributed by atoms with Crippen LogP contribution in [-0.4, -0.2) is 23.6 Å². The molecule has 0 amide bonds. The Morgan fingerprint density at radius 1 is 1.57 bits per heavy atom. The third kappa shape index (κ3) is 3.15. The molecule has 0 fully saturated rings. The van der Waals surface area contributed by atoms with Crippen molar-refractivity contribution in [2.45, 2.75) is 13.0 Å². The first-order valence-electron chi connectivity index (χ1n) is 4.38. The highest BCUT2D eigenvalue weighted by molar-refractivity contribution is 9.10. The summed E-state index contributed by atoms with van der Waals surface area (Å²) >= 11 is 8.93. The maximum atomic E-state index is 9.27. The highest BCUT2D eigenvalue weighted by Gasteiger charge is 2.04. The third-order valence-corrected chi connectivity index (χ3v) is 3.19. The lowest BCUT2D eigenvalue weighted by molar-refractivity contribution is 0.211. The fourth-order valence-corrected chi connectivity index (χ4v) is 1.56. The molecule has 78 valence electrons. The first kappa shape index (κ1) is 11.8. The molecule has 0 bridgehead atoms. The Morgan fingerprint density at radius 3 is 2.93 bits per heavy atom. The van der Waals surface area contributed by atoms with E-state index in [1.807, 2.05) is 25.1 Å². The summed E-state index contributed by atoms with van der Waals surface area (Å²) in [5, 5.41) is 12.4. The number of halogens is 2. The number of aliphatic hydroxyl groups excluding tert-OH is 1. The molecule has 1 aromatic carbocycles. The second-order valence-electron chi connectivity index (χ2n) is 3.10. The van der Waals surface area contributed by atoms with Gasteiger partial charge >= 0.3 is 0 Å². The van der Waals surface area contributed by atoms with Gasteiger partial charge in [0, 0.05) is 16.7 Å². The SMILES string of the molecule is Cc1c(Br)cccc1NCC(O)CCl. The van der Waals surface area contributed by atoms with E-state index in [2.05, 4.69) is 21.2 Å². The van der Waals surface area contributed by atoms with Crippen molar-refractivity contribution >= 4 is 33.2 Å². The molecule has 0 aliphatic heterocycles. The monoisotopic (exact) mass is 277 g/mol. The molecule has 0 spiro atoms. The van der Waals surface area contributed by atoms with Gasteiger partial charge < -0.3 is 10.4 Å². The normalized spacial score (nSPS) is 12.6. The van der Waals surface area contributed by atoms with Crippen LogP contribution in [0.15, 0.2) is 22.7 Å². The molecule has 1 aromatic rings. The van der Waals surface area contributed by atoms with Crippen molar-refractivity contribution in [2.75, 3.05) is 17.7 Å². The van der Waals surface area contributed by atoms with Crippen LogP contribution in [0, 0.1) is 6.92 Å². The van der Waals surface area contributed by atoms with Crippen molar-refractivity contribution in [3.63, 3.8) is 0 Å². The molecule has 0 aliphatic carbocycles. The Balaban J connectivity index is 2.63. The van der Waals surface area contributed by atoms with Crippen LogP contribution in [-0.2, 0) is 0 Å². The molecule has 1 rings (SSSR count). The van der Waals surface area contributed by atoms with Crippen LogP contribution in [0.2, 0.25) is 0 Å². The number of anilines is 1. The quantitative estimate of drug-likeness (QED) is 0.830. The number of nitrogens with one attached hydrogen (secondary N) is 1. The van der Waals surface area contributed by atoms with Crippen LogP contribution in [0.25, 0.3) is 0 Å². The lowest BCUT2D eigenvalue weighted by Crippen LogP contribution is -2.21. The zero-order chi connectivity index (χ0) is 10.6. The molecule has 0 heterocycles. The molecule has 2 nitrogen and oxygen atoms in total. The second-order valence-corrected chi connectivity index (χ2v) is 4.26. The van der Waals surface area contributed by atoms with Crippen LogP contribution in [0.1, 0.15) is 5.56 Å². The summed E-state index contributed by atoms with van der Waals surface area (Å²) in [7, 11) is 0. The van der Waals surface area contributed by atoms with Gasteiger partial charge in [0.15, 0.2) is 0 Å². The maximum Gasteiger partial charge on any atom is 0.0847 e. The van der Waals surface area contributed by atoms with Crippen LogP contribution < -0.4 is 5.32 Å². The number of aliphatic hydroxyl groups is 1. The number of benzene rings is 1. The van der Waals surface area contributed by atoms with E-state index in [9.17, 15) is 5.11 Å². The van der Waals surface area contributed by atoms with Crippen LogP contribution >= 0.6 is 27.5 Å². The summed E-state index contributed by atoms with van der Waals surface area (Å²) in [5.74, 6) is 0.250. The Morgan fingerprint density at radius 2 is 2.29 bits per heavy atom. The minimum Gasteiger partial charge on any atom is -0.390 e. The largest absolute Gasteiger partial charge is 0.390 e. The third-order valence-electron chi connectivity index (χ3n) is 1.97. The molecule has 0 aliphatic rings. The second kappa shape index (κ2) is 5.59. The van der Waals surface area contributed by atoms with Gasteiger partial charge in [-0.1, -0.05) is 22.0 Å². The number of hydrogen-bond acceptors (Lipinski definition) is 2. The van der Waals surface area contributed by atoms with Crippen molar-refractivity contribution in [3.05, 3.63) is 28.2 Å². The lowest BCUT2D eigenvalue weighted by atomic mass is 10.2. The van der Waals surface area contributed by atoms with Crippen LogP contribution in [0.3, 0.4) is 0 Å². The molecule has 0 saturated heterocycles. The van der Waals surface area contributed by atoms with Gasteiger partial charge in [-0.05, 0) is 24.6 Å². The van der Waals surface area contributed by atoms with Crippen molar-refractivity contribution in [1.82, 2.24) is 0 Å². The highest BCUT2D eigenvalue weighted by Crippen LogP contribution is 2.23. The van der Waals surface area contributed by atoms with Gasteiger partial charge in [-0.25, -0.2) is 0 Å². The van der Waals surface area contributed by atoms with Gasteiger partial charge in [0.25, 0.3) is 0 Å². The molecule has 1 atom stereocenters. The van der Waals surface area contributed by atoms with Crippen molar-refractivity contribution in [2.24, 2.45) is 0 Å². The zero-order valence-electron chi connectivity index (χ0n) is 7.93. The van der Waals surface area contributed by atoms with Crippen LogP contribution in [0.4, 0.5) is 5.69 Å².